The van der Waals surface area contributed by atoms with E-state index in [1.54, 1.807) is 12.1 Å². The molecular weight excluding hydrogens is 472 g/mol. The number of fused-ring (bicyclic) bond motifs is 1. The summed E-state index contributed by atoms with van der Waals surface area (Å²) in [6.45, 7) is 3.66. The average Bonchev–Trinajstić information content (AvgIpc) is 3.17. The molecule has 1 aromatic heterocycles. The SMILES string of the molecule is C#CC(=O)Nc1cccc(S(=O)(=O)N2CCCc3cc(-c4sc(NC(C)=O)nc4C)ccc32)c1. The molecule has 10 heteroatoms. The van der Waals surface area contributed by atoms with Gasteiger partial charge in [-0.15, -0.1) is 6.42 Å². The van der Waals surface area contributed by atoms with Crippen LogP contribution in [0.5, 0.6) is 0 Å². The van der Waals surface area contributed by atoms with Gasteiger partial charge in [0.2, 0.25) is 5.91 Å². The van der Waals surface area contributed by atoms with Crippen molar-refractivity contribution in [2.45, 2.75) is 31.6 Å². The number of hydrogen-bond acceptors (Lipinski definition) is 6. The number of thiazole rings is 1. The smallest absolute Gasteiger partial charge is 0.300 e. The highest BCUT2D eigenvalue weighted by atomic mass is 32.2. The van der Waals surface area contributed by atoms with Crippen LogP contribution in [0.15, 0.2) is 47.4 Å². The molecule has 2 aromatic carbocycles. The van der Waals surface area contributed by atoms with Gasteiger partial charge in [-0.05, 0) is 67.1 Å². The van der Waals surface area contributed by atoms with E-state index >= 15 is 0 Å². The number of hydrogen-bond donors (Lipinski definition) is 2. The molecule has 0 saturated carbocycles. The normalized spacial score (nSPS) is 13.0. The predicted molar refractivity (Wildman–Crippen MR) is 133 cm³/mol. The zero-order chi connectivity index (χ0) is 24.5. The standard InChI is InChI=1S/C24H22N4O4S2/c1-4-22(30)27-19-8-5-9-20(14-19)34(31,32)28-12-6-7-17-13-18(10-11-21(17)28)23-15(2)25-24(33-23)26-16(3)29/h1,5,8-11,13-14H,6-7,12H2,2-3H3,(H,27,30)(H,25,26,29). The zero-order valence-electron chi connectivity index (χ0n) is 18.6. The molecule has 0 saturated heterocycles. The first-order valence-electron chi connectivity index (χ1n) is 10.5. The molecule has 8 nitrogen and oxygen atoms in total. The van der Waals surface area contributed by atoms with E-state index in [0.29, 0.717) is 29.5 Å². The van der Waals surface area contributed by atoms with Gasteiger partial charge < -0.3 is 10.6 Å². The Morgan fingerprint density at radius 3 is 2.71 bits per heavy atom. The van der Waals surface area contributed by atoms with Crippen molar-refractivity contribution in [2.24, 2.45) is 0 Å². The summed E-state index contributed by atoms with van der Waals surface area (Å²) in [4.78, 5) is 28.3. The molecule has 174 valence electrons. The van der Waals surface area contributed by atoms with Crippen molar-refractivity contribution in [1.82, 2.24) is 4.98 Å². The number of aromatic nitrogens is 1. The van der Waals surface area contributed by atoms with Crippen LogP contribution in [0.1, 0.15) is 24.6 Å². The first-order chi connectivity index (χ1) is 16.2. The average molecular weight is 495 g/mol. The van der Waals surface area contributed by atoms with Crippen molar-refractivity contribution < 1.29 is 18.0 Å². The number of benzene rings is 2. The minimum atomic E-state index is -3.86. The highest BCUT2D eigenvalue weighted by Gasteiger charge is 2.30. The van der Waals surface area contributed by atoms with Gasteiger partial charge in [0.1, 0.15) is 0 Å². The molecule has 4 rings (SSSR count). The lowest BCUT2D eigenvalue weighted by molar-refractivity contribution is -0.114. The van der Waals surface area contributed by atoms with E-state index in [1.807, 2.05) is 31.0 Å². The molecule has 0 spiro atoms. The molecule has 0 radical (unpaired) electrons. The van der Waals surface area contributed by atoms with Gasteiger partial charge in [-0.25, -0.2) is 13.4 Å². The summed E-state index contributed by atoms with van der Waals surface area (Å²) < 4.78 is 28.4. The fraction of sp³-hybridized carbons (Fsp3) is 0.208. The molecule has 3 aromatic rings. The van der Waals surface area contributed by atoms with E-state index in [-0.39, 0.29) is 10.8 Å². The molecule has 0 bridgehead atoms. The Labute approximate surface area is 202 Å². The molecule has 0 unspecified atom stereocenters. The Balaban J connectivity index is 1.67. The van der Waals surface area contributed by atoms with Crippen LogP contribution in [0.25, 0.3) is 10.4 Å². The number of carbonyl (C=O) groups is 2. The first kappa shape index (κ1) is 23.5. The van der Waals surface area contributed by atoms with E-state index < -0.39 is 15.9 Å². The van der Waals surface area contributed by atoms with E-state index in [0.717, 1.165) is 28.1 Å². The van der Waals surface area contributed by atoms with Crippen molar-refractivity contribution in [1.29, 1.82) is 0 Å². The fourth-order valence-corrected chi connectivity index (χ4v) is 6.45. The lowest BCUT2D eigenvalue weighted by Crippen LogP contribution is -2.35. The molecular formula is C24H22N4O4S2. The van der Waals surface area contributed by atoms with Crippen molar-refractivity contribution in [3.63, 3.8) is 0 Å². The lowest BCUT2D eigenvalue weighted by Gasteiger charge is -2.31. The second-order valence-electron chi connectivity index (χ2n) is 7.77. The van der Waals surface area contributed by atoms with Gasteiger partial charge in [0.15, 0.2) is 5.13 Å². The number of nitrogens with zero attached hydrogens (tertiary/aromatic N) is 2. The highest BCUT2D eigenvalue weighted by molar-refractivity contribution is 7.92. The summed E-state index contributed by atoms with van der Waals surface area (Å²) in [6.07, 6.45) is 6.50. The second-order valence-corrected chi connectivity index (χ2v) is 10.6. The van der Waals surface area contributed by atoms with Gasteiger partial charge >= 0.3 is 0 Å². The second kappa shape index (κ2) is 9.29. The maximum Gasteiger partial charge on any atom is 0.300 e. The number of amides is 2. The number of carbonyl (C=O) groups excluding carboxylic acids is 2. The molecule has 0 atom stereocenters. The summed E-state index contributed by atoms with van der Waals surface area (Å²) >= 11 is 1.38. The van der Waals surface area contributed by atoms with Gasteiger partial charge in [0, 0.05) is 19.2 Å². The van der Waals surface area contributed by atoms with Crippen molar-refractivity contribution in [3.8, 4) is 22.8 Å². The molecule has 1 aliphatic heterocycles. The van der Waals surface area contributed by atoms with Gasteiger partial charge in [-0.3, -0.25) is 13.9 Å². The summed E-state index contributed by atoms with van der Waals surface area (Å²) in [5, 5.41) is 5.72. The summed E-state index contributed by atoms with van der Waals surface area (Å²) in [5.74, 6) is 1.11. The summed E-state index contributed by atoms with van der Waals surface area (Å²) in [7, 11) is -3.86. The molecule has 0 fully saturated rings. The van der Waals surface area contributed by atoms with Crippen LogP contribution in [0.3, 0.4) is 0 Å². The third-order valence-electron chi connectivity index (χ3n) is 5.31. The number of terminal acetylenes is 1. The van der Waals surface area contributed by atoms with Gasteiger partial charge in [0.05, 0.1) is 21.2 Å². The fourth-order valence-electron chi connectivity index (χ4n) is 3.85. The molecule has 34 heavy (non-hydrogen) atoms. The largest absolute Gasteiger partial charge is 0.315 e. The zero-order valence-corrected chi connectivity index (χ0v) is 20.2. The van der Waals surface area contributed by atoms with Crippen LogP contribution in [0.4, 0.5) is 16.5 Å². The first-order valence-corrected chi connectivity index (χ1v) is 12.7. The third kappa shape index (κ3) is 4.66. The predicted octanol–water partition coefficient (Wildman–Crippen LogP) is 3.79. The van der Waals surface area contributed by atoms with Crippen LogP contribution in [0.2, 0.25) is 0 Å². The summed E-state index contributed by atoms with van der Waals surface area (Å²) in [6, 6.07) is 11.7. The van der Waals surface area contributed by atoms with Gasteiger partial charge in [0.25, 0.3) is 15.9 Å². The van der Waals surface area contributed by atoms with Gasteiger partial charge in [-0.2, -0.15) is 0 Å². The minimum absolute atomic E-state index is 0.0671. The number of aryl methyl sites for hydroxylation is 2. The van der Waals surface area contributed by atoms with Crippen LogP contribution in [0, 0.1) is 19.3 Å². The lowest BCUT2D eigenvalue weighted by atomic mass is 10.00. The molecule has 2 N–H and O–H groups in total. The third-order valence-corrected chi connectivity index (χ3v) is 8.24. The monoisotopic (exact) mass is 494 g/mol. The molecule has 2 amide bonds. The number of sulfonamides is 1. The number of anilines is 3. The maximum atomic E-state index is 13.5. The van der Waals surface area contributed by atoms with E-state index in [9.17, 15) is 18.0 Å². The Hall–Kier alpha value is -3.68. The minimum Gasteiger partial charge on any atom is -0.315 e. The summed E-state index contributed by atoms with van der Waals surface area (Å²) in [5.41, 5.74) is 3.56. The van der Waals surface area contributed by atoms with E-state index in [1.165, 1.54) is 34.7 Å². The van der Waals surface area contributed by atoms with Crippen LogP contribution < -0.4 is 14.9 Å². The van der Waals surface area contributed by atoms with Crippen LogP contribution in [-0.2, 0) is 26.0 Å². The van der Waals surface area contributed by atoms with Crippen molar-refractivity contribution in [3.05, 3.63) is 53.7 Å². The van der Waals surface area contributed by atoms with Crippen LogP contribution in [-0.4, -0.2) is 31.8 Å². The van der Waals surface area contributed by atoms with Crippen LogP contribution >= 0.6 is 11.3 Å². The van der Waals surface area contributed by atoms with Gasteiger partial charge in [-0.1, -0.05) is 23.5 Å². The number of nitrogens with one attached hydrogen (secondary N) is 2. The molecule has 2 heterocycles. The Morgan fingerprint density at radius 2 is 1.97 bits per heavy atom. The Bertz CT molecular complexity index is 1440. The Kier molecular flexibility index (Phi) is 6.41. The number of rotatable bonds is 5. The maximum absolute atomic E-state index is 13.5. The molecule has 1 aliphatic rings. The van der Waals surface area contributed by atoms with E-state index in [4.69, 9.17) is 6.42 Å². The van der Waals surface area contributed by atoms with Crippen molar-refractivity contribution >= 4 is 49.7 Å². The van der Waals surface area contributed by atoms with Crippen molar-refractivity contribution in [2.75, 3.05) is 21.5 Å². The highest BCUT2D eigenvalue weighted by Crippen LogP contribution is 2.38. The Morgan fingerprint density at radius 1 is 1.18 bits per heavy atom. The molecule has 0 aliphatic carbocycles. The quantitative estimate of drug-likeness (QED) is 0.525. The van der Waals surface area contributed by atoms with E-state index in [2.05, 4.69) is 15.6 Å². The topological polar surface area (TPSA) is 108 Å².